The van der Waals surface area contributed by atoms with Crippen molar-refractivity contribution in [1.82, 2.24) is 44.4 Å². The molecule has 19 heteroatoms. The van der Waals surface area contributed by atoms with Crippen molar-refractivity contribution in [2.45, 2.75) is 44.8 Å². The van der Waals surface area contributed by atoms with E-state index in [1.807, 2.05) is 30.3 Å². The molecular formula is C51H53N13O6. The minimum absolute atomic E-state index is 0.0920. The highest BCUT2D eigenvalue weighted by atomic mass is 16.5. The van der Waals surface area contributed by atoms with E-state index < -0.39 is 6.10 Å². The number of H-pyrrole nitrogens is 1. The number of nitrogens with one attached hydrogen (secondary N) is 3. The average molecular weight is 944 g/mol. The molecule has 6 N–H and O–H groups in total. The number of nitrogen functional groups attached to an aromatic ring is 1. The molecule has 0 saturated carbocycles. The summed E-state index contributed by atoms with van der Waals surface area (Å²) in [6.07, 6.45) is 11.7. The Bertz CT molecular complexity index is 3260. The predicted molar refractivity (Wildman–Crippen MR) is 269 cm³/mol. The second-order valence-electron chi connectivity index (χ2n) is 16.7. The molecular weight excluding hydrogens is 891 g/mol. The van der Waals surface area contributed by atoms with Crippen LogP contribution < -0.4 is 37.0 Å². The highest BCUT2D eigenvalue weighted by Gasteiger charge is 2.22. The number of ether oxygens (including phenoxy) is 3. The largest absolute Gasteiger partial charge is 0.497 e. The van der Waals surface area contributed by atoms with Crippen LogP contribution in [0, 0.1) is 18.3 Å². The van der Waals surface area contributed by atoms with E-state index in [0.29, 0.717) is 68.5 Å². The molecule has 1 atom stereocenters. The number of benzene rings is 2. The van der Waals surface area contributed by atoms with Crippen LogP contribution in [0.15, 0.2) is 114 Å². The number of pyridine rings is 4. The number of piperidine rings is 1. The number of nitrogens with zero attached hydrogens (tertiary/aromatic N) is 9. The molecule has 358 valence electrons. The Labute approximate surface area is 403 Å². The van der Waals surface area contributed by atoms with Gasteiger partial charge in [-0.15, -0.1) is 0 Å². The van der Waals surface area contributed by atoms with Crippen LogP contribution >= 0.6 is 0 Å². The van der Waals surface area contributed by atoms with Crippen molar-refractivity contribution >= 4 is 50.5 Å². The molecule has 0 radical (unpaired) electrons. The minimum atomic E-state index is -0.820. The number of nitrogens with two attached hydrogens (primary N) is 1. The molecule has 19 nitrogen and oxygen atoms in total. The fourth-order valence-corrected chi connectivity index (χ4v) is 8.49. The van der Waals surface area contributed by atoms with Crippen LogP contribution in [-0.4, -0.2) is 103 Å². The fourth-order valence-electron chi connectivity index (χ4n) is 8.49. The van der Waals surface area contributed by atoms with Crippen molar-refractivity contribution in [3.8, 4) is 40.3 Å². The number of likely N-dealkylation sites (tertiary alicyclic amines) is 1. The molecule has 6 aromatic heterocycles. The molecule has 1 aliphatic rings. The van der Waals surface area contributed by atoms with Gasteiger partial charge in [-0.3, -0.25) is 9.59 Å². The minimum Gasteiger partial charge on any atom is -0.497 e. The third-order valence-electron chi connectivity index (χ3n) is 12.0. The maximum absolute atomic E-state index is 13.4. The van der Waals surface area contributed by atoms with Gasteiger partial charge in [0.1, 0.15) is 17.4 Å². The summed E-state index contributed by atoms with van der Waals surface area (Å²) in [6.45, 7) is 5.24. The Kier molecular flexibility index (Phi) is 15.3. The summed E-state index contributed by atoms with van der Waals surface area (Å²) in [5, 5.41) is 27.9. The zero-order valence-electron chi connectivity index (χ0n) is 39.2. The molecule has 0 amide bonds. The van der Waals surface area contributed by atoms with Crippen molar-refractivity contribution in [3.63, 3.8) is 0 Å². The van der Waals surface area contributed by atoms with Gasteiger partial charge in [0.2, 0.25) is 5.95 Å². The van der Waals surface area contributed by atoms with Gasteiger partial charge in [-0.2, -0.15) is 5.26 Å². The van der Waals surface area contributed by atoms with E-state index in [-0.39, 0.29) is 36.2 Å². The zero-order chi connectivity index (χ0) is 49.1. The van der Waals surface area contributed by atoms with E-state index in [1.165, 1.54) is 29.9 Å². The Morgan fingerprint density at radius 1 is 0.843 bits per heavy atom. The number of aryl methyl sites for hydroxylation is 1. The summed E-state index contributed by atoms with van der Waals surface area (Å²) in [6, 6.07) is 23.5. The first-order valence-corrected chi connectivity index (χ1v) is 22.6. The molecule has 2 aromatic carbocycles. The lowest BCUT2D eigenvalue weighted by molar-refractivity contribution is 0.0531. The summed E-state index contributed by atoms with van der Waals surface area (Å²) >= 11 is 0. The predicted octanol–water partition coefficient (Wildman–Crippen LogP) is 6.73. The van der Waals surface area contributed by atoms with E-state index in [2.05, 4.69) is 71.6 Å². The summed E-state index contributed by atoms with van der Waals surface area (Å²) in [4.78, 5) is 57.2. The van der Waals surface area contributed by atoms with Crippen molar-refractivity contribution in [2.24, 2.45) is 0 Å². The molecule has 1 unspecified atom stereocenters. The number of anilines is 5. The molecule has 70 heavy (non-hydrogen) atoms. The van der Waals surface area contributed by atoms with Crippen LogP contribution in [0.2, 0.25) is 0 Å². The lowest BCUT2D eigenvalue weighted by Crippen LogP contribution is -2.33. The average Bonchev–Trinajstić information content (AvgIpc) is 3.37. The summed E-state index contributed by atoms with van der Waals surface area (Å²) in [5.74, 6) is 2.16. The first kappa shape index (κ1) is 48.2. The first-order valence-electron chi connectivity index (χ1n) is 22.6. The van der Waals surface area contributed by atoms with E-state index in [1.54, 1.807) is 62.5 Å². The SMILES string of the molecule is COCC(O)Cn1ccc2cc(-c3cnc(N)nc3)nc(Nc3cccc(OC)c3)c2c1=O.COc1ncc(-c2cc3cc[nH]c(=O)c3c(Nc3ccc(C4CCN(CCC#N)CC4)c(C)c3)n2)cn1. The van der Waals surface area contributed by atoms with Crippen LogP contribution in [-0.2, 0) is 11.3 Å². The molecule has 0 bridgehead atoms. The first-order chi connectivity index (χ1) is 34.0. The van der Waals surface area contributed by atoms with Gasteiger partial charge < -0.3 is 50.1 Å². The van der Waals surface area contributed by atoms with Crippen LogP contribution in [0.1, 0.15) is 36.3 Å². The summed E-state index contributed by atoms with van der Waals surface area (Å²) in [5.41, 5.74) is 11.8. The van der Waals surface area contributed by atoms with E-state index in [0.717, 1.165) is 49.1 Å². The van der Waals surface area contributed by atoms with Crippen molar-refractivity contribution in [3.05, 3.63) is 136 Å². The normalized spacial score (nSPS) is 13.3. The Hall–Kier alpha value is -8.31. The molecule has 8 aromatic rings. The second kappa shape index (κ2) is 22.2. The lowest BCUT2D eigenvalue weighted by atomic mass is 9.86. The maximum atomic E-state index is 13.4. The van der Waals surface area contributed by atoms with Gasteiger partial charge in [-0.25, -0.2) is 29.9 Å². The number of methoxy groups -OCH3 is 3. The molecule has 1 aliphatic heterocycles. The van der Waals surface area contributed by atoms with Crippen LogP contribution in [0.25, 0.3) is 44.1 Å². The lowest BCUT2D eigenvalue weighted by Gasteiger charge is -2.32. The van der Waals surface area contributed by atoms with Gasteiger partial charge in [0.05, 0.1) is 61.7 Å². The van der Waals surface area contributed by atoms with E-state index >= 15 is 0 Å². The summed E-state index contributed by atoms with van der Waals surface area (Å²) < 4.78 is 16.8. The number of fused-ring (bicyclic) bond motifs is 2. The number of rotatable bonds is 15. The zero-order valence-corrected chi connectivity index (χ0v) is 39.2. The number of nitriles is 1. The second-order valence-corrected chi connectivity index (χ2v) is 16.7. The molecule has 1 saturated heterocycles. The third-order valence-corrected chi connectivity index (χ3v) is 12.0. The molecule has 7 heterocycles. The van der Waals surface area contributed by atoms with Crippen LogP contribution in [0.5, 0.6) is 11.8 Å². The molecule has 0 aliphatic carbocycles. The summed E-state index contributed by atoms with van der Waals surface area (Å²) in [7, 11) is 4.60. The van der Waals surface area contributed by atoms with E-state index in [9.17, 15) is 14.7 Å². The monoisotopic (exact) mass is 943 g/mol. The number of aromatic nitrogens is 8. The number of aliphatic hydroxyl groups is 1. The van der Waals surface area contributed by atoms with Crippen molar-refractivity contribution in [2.75, 3.05) is 63.9 Å². The number of hydrogen-bond donors (Lipinski definition) is 5. The topological polar surface area (TPSA) is 257 Å². The van der Waals surface area contributed by atoms with Gasteiger partial charge in [0.25, 0.3) is 11.1 Å². The number of aliphatic hydroxyl groups excluding tert-OH is 1. The van der Waals surface area contributed by atoms with Gasteiger partial charge >= 0.3 is 6.01 Å². The fraction of sp³-hybridized carbons (Fsp3) is 0.275. The Morgan fingerprint density at radius 2 is 1.50 bits per heavy atom. The van der Waals surface area contributed by atoms with Gasteiger partial charge in [0, 0.05) is 85.8 Å². The third kappa shape index (κ3) is 11.3. The number of aromatic amines is 1. The quantitative estimate of drug-likeness (QED) is 0.0714. The van der Waals surface area contributed by atoms with Gasteiger partial charge in [0.15, 0.2) is 0 Å². The molecule has 0 spiro atoms. The number of hydrogen-bond acceptors (Lipinski definition) is 17. The van der Waals surface area contributed by atoms with Crippen molar-refractivity contribution in [1.29, 1.82) is 5.26 Å². The van der Waals surface area contributed by atoms with E-state index in [4.69, 9.17) is 35.2 Å². The molecule has 1 fully saturated rings. The van der Waals surface area contributed by atoms with Gasteiger partial charge in [-0.1, -0.05) is 12.1 Å². The maximum Gasteiger partial charge on any atom is 0.316 e. The van der Waals surface area contributed by atoms with Crippen LogP contribution in [0.3, 0.4) is 0 Å². The van der Waals surface area contributed by atoms with Crippen molar-refractivity contribution < 1.29 is 19.3 Å². The standard InChI is InChI=1S/C28H29N7O2.C23H24N6O4/c1-18-14-22(4-5-23(18)19-7-12-35(13-8-19)11-3-9-29)33-26-25-20(6-10-30-27(25)36)15-24(34-26)21-16-31-28(37-2)32-17-21;1-32-13-17(30)12-29-7-6-14-8-19(15-10-25-23(24)26-11-15)28-21(20(14)22(29)31)27-16-4-3-5-18(9-16)33-2/h4-6,10,14-17,19H,3,7-8,11-13H2,1-2H3,(H,30,36)(H,33,34);3-11,17,30H,12-13H2,1-2H3,(H,27,28)(H2,24,25,26). The Balaban J connectivity index is 0.000000190. The highest BCUT2D eigenvalue weighted by Crippen LogP contribution is 2.34. The van der Waals surface area contributed by atoms with Gasteiger partial charge in [-0.05, 0) is 109 Å². The molecule has 9 rings (SSSR count). The highest BCUT2D eigenvalue weighted by molar-refractivity contribution is 5.96. The smallest absolute Gasteiger partial charge is 0.316 e. The Morgan fingerprint density at radius 3 is 2.14 bits per heavy atom. The van der Waals surface area contributed by atoms with Crippen LogP contribution in [0.4, 0.5) is 29.0 Å².